The number of nitrogens with zero attached hydrogens (tertiary/aromatic N) is 2. The number of aromatic nitrogens is 2. The van der Waals surface area contributed by atoms with Crippen molar-refractivity contribution in [2.45, 2.75) is 19.9 Å². The molecule has 0 aliphatic rings. The fraction of sp³-hybridized carbons (Fsp3) is 0.429. The minimum absolute atomic E-state index is 0.531. The molecule has 1 aromatic carbocycles. The lowest BCUT2D eigenvalue weighted by atomic mass is 10.2. The molecule has 0 amide bonds. The van der Waals surface area contributed by atoms with Crippen LogP contribution in [0.5, 0.6) is 0 Å². The van der Waals surface area contributed by atoms with Crippen LogP contribution in [0.4, 0.5) is 0 Å². The molecule has 0 bridgehead atoms. The van der Waals surface area contributed by atoms with Gasteiger partial charge in [-0.2, -0.15) is 0 Å². The van der Waals surface area contributed by atoms with Crippen molar-refractivity contribution < 1.29 is 9.15 Å². The van der Waals surface area contributed by atoms with Gasteiger partial charge in [-0.1, -0.05) is 12.1 Å². The van der Waals surface area contributed by atoms with Gasteiger partial charge in [0.25, 0.3) is 0 Å². The molecule has 0 spiro atoms. The van der Waals surface area contributed by atoms with Crippen molar-refractivity contribution in [3.63, 3.8) is 0 Å². The summed E-state index contributed by atoms with van der Waals surface area (Å²) in [6.45, 7) is 4.97. The van der Waals surface area contributed by atoms with Gasteiger partial charge in [-0.3, -0.25) is 0 Å². The highest BCUT2D eigenvalue weighted by atomic mass is 79.9. The van der Waals surface area contributed by atoms with Crippen molar-refractivity contribution in [1.29, 1.82) is 0 Å². The molecule has 2 rings (SSSR count). The van der Waals surface area contributed by atoms with Crippen molar-refractivity contribution in [3.05, 3.63) is 34.6 Å². The fourth-order valence-electron chi connectivity index (χ4n) is 1.71. The van der Waals surface area contributed by atoms with Crippen molar-refractivity contribution in [2.24, 2.45) is 0 Å². The Morgan fingerprint density at radius 2 is 2.15 bits per heavy atom. The summed E-state index contributed by atoms with van der Waals surface area (Å²) in [5.74, 6) is 1.12. The Labute approximate surface area is 126 Å². The van der Waals surface area contributed by atoms with Crippen LogP contribution in [0.25, 0.3) is 11.5 Å². The normalized spacial score (nSPS) is 10.9. The Balaban J connectivity index is 1.82. The Kier molecular flexibility index (Phi) is 6.17. The Morgan fingerprint density at radius 3 is 2.95 bits per heavy atom. The van der Waals surface area contributed by atoms with Crippen molar-refractivity contribution in [2.75, 3.05) is 19.8 Å². The zero-order valence-corrected chi connectivity index (χ0v) is 13.0. The predicted octanol–water partition coefficient (Wildman–Crippen LogP) is 3.02. The van der Waals surface area contributed by atoms with Gasteiger partial charge in [0.05, 0.1) is 12.1 Å². The summed E-state index contributed by atoms with van der Waals surface area (Å²) in [6.07, 6.45) is 0.971. The number of ether oxygens (including phenoxy) is 1. The number of nitrogens with one attached hydrogen (secondary N) is 1. The molecule has 0 fully saturated rings. The maximum atomic E-state index is 5.63. The molecule has 108 valence electrons. The molecule has 0 radical (unpaired) electrons. The summed E-state index contributed by atoms with van der Waals surface area (Å²) >= 11 is 3.47. The molecule has 1 heterocycles. The third-order valence-corrected chi connectivity index (χ3v) is 3.39. The van der Waals surface area contributed by atoms with Gasteiger partial charge < -0.3 is 14.5 Å². The highest BCUT2D eigenvalue weighted by molar-refractivity contribution is 9.10. The first-order chi connectivity index (χ1) is 9.81. The Morgan fingerprint density at radius 1 is 1.30 bits per heavy atom. The summed E-state index contributed by atoms with van der Waals surface area (Å²) in [7, 11) is 0. The quantitative estimate of drug-likeness (QED) is 0.749. The van der Waals surface area contributed by atoms with E-state index in [0.29, 0.717) is 18.3 Å². The van der Waals surface area contributed by atoms with Crippen LogP contribution < -0.4 is 5.32 Å². The highest BCUT2D eigenvalue weighted by Gasteiger charge is 2.10. The van der Waals surface area contributed by atoms with E-state index in [-0.39, 0.29) is 0 Å². The number of hydrogen-bond acceptors (Lipinski definition) is 5. The van der Waals surface area contributed by atoms with Crippen LogP contribution in [-0.2, 0) is 11.3 Å². The largest absolute Gasteiger partial charge is 0.419 e. The lowest BCUT2D eigenvalue weighted by molar-refractivity contribution is 0.144. The van der Waals surface area contributed by atoms with E-state index >= 15 is 0 Å². The Hall–Kier alpha value is -1.24. The van der Waals surface area contributed by atoms with E-state index in [0.717, 1.165) is 36.2 Å². The molecular weight excluding hydrogens is 322 g/mol. The second-order valence-electron chi connectivity index (χ2n) is 4.21. The number of rotatable bonds is 8. The number of halogens is 1. The van der Waals surface area contributed by atoms with Crippen LogP contribution in [0, 0.1) is 0 Å². The van der Waals surface area contributed by atoms with Crippen LogP contribution in [-0.4, -0.2) is 30.0 Å². The summed E-state index contributed by atoms with van der Waals surface area (Å²) in [4.78, 5) is 0. The second-order valence-corrected chi connectivity index (χ2v) is 5.06. The van der Waals surface area contributed by atoms with E-state index in [2.05, 4.69) is 31.4 Å². The first-order valence-electron chi connectivity index (χ1n) is 6.67. The van der Waals surface area contributed by atoms with Gasteiger partial charge in [0, 0.05) is 17.7 Å². The van der Waals surface area contributed by atoms with E-state index < -0.39 is 0 Å². The smallest absolute Gasteiger partial charge is 0.248 e. The molecular formula is C14H18BrN3O2. The van der Waals surface area contributed by atoms with Crippen LogP contribution in [0.15, 0.2) is 33.2 Å². The minimum atomic E-state index is 0.531. The van der Waals surface area contributed by atoms with Gasteiger partial charge in [0.2, 0.25) is 11.8 Å². The Bertz CT molecular complexity index is 531. The summed E-state index contributed by atoms with van der Waals surface area (Å²) in [6, 6.07) is 7.78. The zero-order valence-electron chi connectivity index (χ0n) is 11.4. The molecule has 20 heavy (non-hydrogen) atoms. The van der Waals surface area contributed by atoms with Gasteiger partial charge in [0.15, 0.2) is 0 Å². The monoisotopic (exact) mass is 339 g/mol. The highest BCUT2D eigenvalue weighted by Crippen LogP contribution is 2.26. The van der Waals surface area contributed by atoms with Gasteiger partial charge in [-0.15, -0.1) is 10.2 Å². The maximum Gasteiger partial charge on any atom is 0.248 e. The molecule has 0 saturated heterocycles. The molecule has 0 unspecified atom stereocenters. The van der Waals surface area contributed by atoms with E-state index in [1.165, 1.54) is 0 Å². The molecule has 1 aromatic heterocycles. The molecule has 6 heteroatoms. The van der Waals surface area contributed by atoms with Crippen molar-refractivity contribution >= 4 is 15.9 Å². The van der Waals surface area contributed by atoms with Gasteiger partial charge in [0.1, 0.15) is 0 Å². The molecule has 2 aromatic rings. The minimum Gasteiger partial charge on any atom is -0.419 e. The second kappa shape index (κ2) is 8.14. The zero-order chi connectivity index (χ0) is 14.2. The van der Waals surface area contributed by atoms with Crippen LogP contribution in [0.1, 0.15) is 19.2 Å². The SMILES string of the molecule is CCOCCCNCc1nnc(-c2ccccc2Br)o1. The van der Waals surface area contributed by atoms with Gasteiger partial charge in [-0.05, 0) is 48.0 Å². The molecule has 0 saturated carbocycles. The summed E-state index contributed by atoms with van der Waals surface area (Å²) < 4.78 is 11.8. The first-order valence-corrected chi connectivity index (χ1v) is 7.46. The average Bonchev–Trinajstić information content (AvgIpc) is 2.92. The van der Waals surface area contributed by atoms with Gasteiger partial charge in [-0.25, -0.2) is 0 Å². The molecule has 0 aliphatic heterocycles. The lowest BCUT2D eigenvalue weighted by Crippen LogP contribution is -2.16. The third kappa shape index (κ3) is 4.40. The topological polar surface area (TPSA) is 60.2 Å². The molecule has 1 N–H and O–H groups in total. The fourth-order valence-corrected chi connectivity index (χ4v) is 2.16. The van der Waals surface area contributed by atoms with E-state index in [1.54, 1.807) is 0 Å². The molecule has 0 aliphatic carbocycles. The van der Waals surface area contributed by atoms with E-state index in [9.17, 15) is 0 Å². The maximum absolute atomic E-state index is 5.63. The third-order valence-electron chi connectivity index (χ3n) is 2.69. The van der Waals surface area contributed by atoms with Crippen molar-refractivity contribution in [1.82, 2.24) is 15.5 Å². The van der Waals surface area contributed by atoms with E-state index in [4.69, 9.17) is 9.15 Å². The standard InChI is InChI=1S/C14H18BrN3O2/c1-2-19-9-5-8-16-10-13-17-18-14(20-13)11-6-3-4-7-12(11)15/h3-4,6-7,16H,2,5,8-10H2,1H3. The molecule has 0 atom stereocenters. The number of benzene rings is 1. The molecule has 5 nitrogen and oxygen atoms in total. The summed E-state index contributed by atoms with van der Waals surface area (Å²) in [5, 5.41) is 11.4. The summed E-state index contributed by atoms with van der Waals surface area (Å²) in [5.41, 5.74) is 0.905. The van der Waals surface area contributed by atoms with Crippen molar-refractivity contribution in [3.8, 4) is 11.5 Å². The van der Waals surface area contributed by atoms with E-state index in [1.807, 2.05) is 31.2 Å². The van der Waals surface area contributed by atoms with Crippen LogP contribution in [0.2, 0.25) is 0 Å². The van der Waals surface area contributed by atoms with Gasteiger partial charge >= 0.3 is 0 Å². The van der Waals surface area contributed by atoms with Crippen LogP contribution in [0.3, 0.4) is 0 Å². The lowest BCUT2D eigenvalue weighted by Gasteiger charge is -2.02. The first kappa shape index (κ1) is 15.2. The van der Waals surface area contributed by atoms with Crippen LogP contribution >= 0.6 is 15.9 Å². The average molecular weight is 340 g/mol. The predicted molar refractivity (Wildman–Crippen MR) is 80.3 cm³/mol. The number of hydrogen-bond donors (Lipinski definition) is 1.